The first-order chi connectivity index (χ1) is 12.6. The van der Waals surface area contributed by atoms with Crippen LogP contribution in [-0.4, -0.2) is 30.9 Å². The molecule has 0 saturated heterocycles. The van der Waals surface area contributed by atoms with Gasteiger partial charge in [0, 0.05) is 12.6 Å². The van der Waals surface area contributed by atoms with E-state index in [-0.39, 0.29) is 11.9 Å². The normalized spacial score (nSPS) is 11.0. The molecule has 4 aromatic rings. The minimum Gasteiger partial charge on any atom is -0.463 e. The Hall–Kier alpha value is -3.75. The second kappa shape index (κ2) is 6.28. The van der Waals surface area contributed by atoms with E-state index in [9.17, 15) is 4.79 Å². The van der Waals surface area contributed by atoms with E-state index in [0.717, 1.165) is 5.56 Å². The summed E-state index contributed by atoms with van der Waals surface area (Å²) in [6, 6.07) is 11.0. The Morgan fingerprint density at radius 3 is 2.92 bits per heavy atom. The third-order valence-electron chi connectivity index (χ3n) is 3.71. The van der Waals surface area contributed by atoms with Gasteiger partial charge in [-0.05, 0) is 29.8 Å². The summed E-state index contributed by atoms with van der Waals surface area (Å²) in [5.74, 6) is 0.528. The van der Waals surface area contributed by atoms with Gasteiger partial charge in [0.15, 0.2) is 16.9 Å². The molecule has 0 radical (unpaired) electrons. The number of furan rings is 1. The van der Waals surface area contributed by atoms with Crippen molar-refractivity contribution in [3.05, 3.63) is 48.2 Å². The molecule has 1 aromatic carbocycles. The fourth-order valence-corrected chi connectivity index (χ4v) is 2.69. The summed E-state index contributed by atoms with van der Waals surface area (Å²) in [6.45, 7) is 1.88. The first-order valence-electron chi connectivity index (χ1n) is 7.87. The molecule has 3 aromatic heterocycles. The smallest absolute Gasteiger partial charge is 0.222 e. The second-order valence-electron chi connectivity index (χ2n) is 5.71. The quantitative estimate of drug-likeness (QED) is 0.578. The van der Waals surface area contributed by atoms with Crippen molar-refractivity contribution >= 4 is 28.7 Å². The first kappa shape index (κ1) is 15.8. The lowest BCUT2D eigenvalue weighted by Crippen LogP contribution is -2.08. The molecule has 0 atom stereocenters. The van der Waals surface area contributed by atoms with Gasteiger partial charge in [0.25, 0.3) is 0 Å². The summed E-state index contributed by atoms with van der Waals surface area (Å²) < 4.78 is 7.03. The van der Waals surface area contributed by atoms with E-state index in [0.29, 0.717) is 34.9 Å². The van der Waals surface area contributed by atoms with Crippen LogP contribution in [0.3, 0.4) is 0 Å². The highest BCUT2D eigenvalue weighted by atomic mass is 16.3. The molecule has 0 unspecified atom stereocenters. The lowest BCUT2D eigenvalue weighted by atomic mass is 10.2. The Bertz CT molecular complexity index is 1090. The number of nitrogens with two attached hydrogens (primary N) is 1. The van der Waals surface area contributed by atoms with Crippen molar-refractivity contribution < 1.29 is 9.21 Å². The summed E-state index contributed by atoms with van der Waals surface area (Å²) in [7, 11) is 0. The number of benzene rings is 1. The number of rotatable bonds is 4. The van der Waals surface area contributed by atoms with Crippen LogP contribution in [0, 0.1) is 0 Å². The van der Waals surface area contributed by atoms with E-state index in [1.807, 2.05) is 24.3 Å². The van der Waals surface area contributed by atoms with Crippen LogP contribution in [-0.2, 0) is 11.3 Å². The highest BCUT2D eigenvalue weighted by molar-refractivity contribution is 5.88. The largest absolute Gasteiger partial charge is 0.463 e. The predicted octanol–water partition coefficient (Wildman–Crippen LogP) is 2.07. The first-order valence-corrected chi connectivity index (χ1v) is 7.87. The number of carbonyl (C=O) groups excluding carboxylic acids is 1. The molecule has 4 rings (SSSR count). The second-order valence-corrected chi connectivity index (χ2v) is 5.71. The molecular weight excluding hydrogens is 334 g/mol. The molecule has 0 saturated carbocycles. The fourth-order valence-electron chi connectivity index (χ4n) is 2.69. The standard InChI is InChI=1S/C17H15N7O2/c1-10(25)19-12-5-2-4-11(8-12)9-24-16-15(22-23-24)14(20-17(18)21-16)13-6-3-7-26-13/h2-8H,9H2,1H3,(H,19,25)(H2,18,20,21). The van der Waals surface area contributed by atoms with Crippen molar-refractivity contribution in [1.29, 1.82) is 0 Å². The molecule has 9 heteroatoms. The number of hydrogen-bond donors (Lipinski definition) is 2. The van der Waals surface area contributed by atoms with Gasteiger partial charge < -0.3 is 15.5 Å². The Kier molecular flexibility index (Phi) is 3.81. The van der Waals surface area contributed by atoms with Crippen LogP contribution in [0.1, 0.15) is 12.5 Å². The van der Waals surface area contributed by atoms with Crippen molar-refractivity contribution in [3.8, 4) is 11.5 Å². The number of fused-ring (bicyclic) bond motifs is 1. The molecule has 0 bridgehead atoms. The maximum Gasteiger partial charge on any atom is 0.222 e. The van der Waals surface area contributed by atoms with Crippen molar-refractivity contribution in [2.24, 2.45) is 0 Å². The Morgan fingerprint density at radius 2 is 2.15 bits per heavy atom. The molecule has 0 fully saturated rings. The van der Waals surface area contributed by atoms with Crippen LogP contribution in [0.15, 0.2) is 47.1 Å². The number of nitrogens with one attached hydrogen (secondary N) is 1. The third-order valence-corrected chi connectivity index (χ3v) is 3.71. The summed E-state index contributed by atoms with van der Waals surface area (Å²) in [5, 5.41) is 11.1. The van der Waals surface area contributed by atoms with Crippen LogP contribution < -0.4 is 11.1 Å². The lowest BCUT2D eigenvalue weighted by molar-refractivity contribution is -0.114. The molecule has 3 heterocycles. The monoisotopic (exact) mass is 349 g/mol. The van der Waals surface area contributed by atoms with Crippen LogP contribution in [0.5, 0.6) is 0 Å². The van der Waals surface area contributed by atoms with Gasteiger partial charge in [-0.15, -0.1) is 5.10 Å². The zero-order chi connectivity index (χ0) is 18.1. The molecule has 9 nitrogen and oxygen atoms in total. The van der Waals surface area contributed by atoms with Crippen LogP contribution in [0.2, 0.25) is 0 Å². The van der Waals surface area contributed by atoms with Gasteiger partial charge in [0.05, 0.1) is 12.8 Å². The number of nitrogens with zero attached hydrogens (tertiary/aromatic N) is 5. The summed E-state index contributed by atoms with van der Waals surface area (Å²) in [5.41, 5.74) is 9.00. The SMILES string of the molecule is CC(=O)Nc1cccc(Cn2nnc3c(-c4ccco4)nc(N)nc32)c1. The number of anilines is 2. The van der Waals surface area contributed by atoms with Gasteiger partial charge in [-0.2, -0.15) is 4.98 Å². The average molecular weight is 349 g/mol. The van der Waals surface area contributed by atoms with Gasteiger partial charge in [0.1, 0.15) is 5.69 Å². The number of nitrogen functional groups attached to an aromatic ring is 1. The lowest BCUT2D eigenvalue weighted by Gasteiger charge is -2.06. The number of aromatic nitrogens is 5. The Balaban J connectivity index is 1.73. The topological polar surface area (TPSA) is 125 Å². The van der Waals surface area contributed by atoms with Crippen molar-refractivity contribution in [1.82, 2.24) is 25.0 Å². The van der Waals surface area contributed by atoms with Gasteiger partial charge >= 0.3 is 0 Å². The minimum absolute atomic E-state index is 0.111. The van der Waals surface area contributed by atoms with Gasteiger partial charge in [-0.3, -0.25) is 4.79 Å². The van der Waals surface area contributed by atoms with Gasteiger partial charge in [-0.25, -0.2) is 9.67 Å². The van der Waals surface area contributed by atoms with Gasteiger partial charge in [-0.1, -0.05) is 17.3 Å². The van der Waals surface area contributed by atoms with E-state index in [1.165, 1.54) is 6.92 Å². The predicted molar refractivity (Wildman–Crippen MR) is 95.1 cm³/mol. The highest BCUT2D eigenvalue weighted by Crippen LogP contribution is 2.25. The Morgan fingerprint density at radius 1 is 1.27 bits per heavy atom. The van der Waals surface area contributed by atoms with Crippen molar-refractivity contribution in [3.63, 3.8) is 0 Å². The molecule has 130 valence electrons. The number of amides is 1. The number of hydrogen-bond acceptors (Lipinski definition) is 7. The average Bonchev–Trinajstić information content (AvgIpc) is 3.25. The zero-order valence-corrected chi connectivity index (χ0v) is 13.9. The highest BCUT2D eigenvalue weighted by Gasteiger charge is 2.17. The van der Waals surface area contributed by atoms with Crippen LogP contribution >= 0.6 is 0 Å². The molecule has 0 spiro atoms. The van der Waals surface area contributed by atoms with E-state index in [1.54, 1.807) is 23.1 Å². The maximum absolute atomic E-state index is 11.2. The minimum atomic E-state index is -0.128. The molecule has 3 N–H and O–H groups in total. The fraction of sp³-hybridized carbons (Fsp3) is 0.118. The summed E-state index contributed by atoms with van der Waals surface area (Å²) >= 11 is 0. The van der Waals surface area contributed by atoms with E-state index in [4.69, 9.17) is 10.2 Å². The molecule has 0 aliphatic rings. The summed E-state index contributed by atoms with van der Waals surface area (Å²) in [4.78, 5) is 19.7. The van der Waals surface area contributed by atoms with Crippen LogP contribution in [0.4, 0.5) is 11.6 Å². The van der Waals surface area contributed by atoms with Gasteiger partial charge in [0.2, 0.25) is 11.9 Å². The van der Waals surface area contributed by atoms with E-state index >= 15 is 0 Å². The Labute approximate surface area is 147 Å². The van der Waals surface area contributed by atoms with E-state index in [2.05, 4.69) is 25.6 Å². The molecule has 0 aliphatic carbocycles. The van der Waals surface area contributed by atoms with Crippen molar-refractivity contribution in [2.45, 2.75) is 13.5 Å². The maximum atomic E-state index is 11.2. The molecule has 0 aliphatic heterocycles. The van der Waals surface area contributed by atoms with Crippen molar-refractivity contribution in [2.75, 3.05) is 11.1 Å². The van der Waals surface area contributed by atoms with E-state index < -0.39 is 0 Å². The molecular formula is C17H15N7O2. The third kappa shape index (κ3) is 2.97. The number of carbonyl (C=O) groups is 1. The summed E-state index contributed by atoms with van der Waals surface area (Å²) in [6.07, 6.45) is 1.55. The van der Waals surface area contributed by atoms with Crippen LogP contribution in [0.25, 0.3) is 22.6 Å². The molecule has 1 amide bonds. The zero-order valence-electron chi connectivity index (χ0n) is 13.9. The molecule has 26 heavy (non-hydrogen) atoms.